The lowest BCUT2D eigenvalue weighted by Crippen LogP contribution is -2.00. The van der Waals surface area contributed by atoms with Gasteiger partial charge >= 0.3 is 0 Å². The van der Waals surface area contributed by atoms with Gasteiger partial charge < -0.3 is 14.6 Å². The van der Waals surface area contributed by atoms with Crippen molar-refractivity contribution in [2.45, 2.75) is 39.2 Å². The quantitative estimate of drug-likeness (QED) is 0.741. The molecule has 1 N–H and O–H groups in total. The molecule has 1 unspecified atom stereocenters. The van der Waals surface area contributed by atoms with Crippen LogP contribution in [-0.4, -0.2) is 18.8 Å². The van der Waals surface area contributed by atoms with Crippen molar-refractivity contribution in [3.8, 4) is 11.5 Å². The minimum Gasteiger partial charge on any atom is -0.493 e. The van der Waals surface area contributed by atoms with Crippen molar-refractivity contribution in [3.63, 3.8) is 0 Å². The third kappa shape index (κ3) is 4.27. The molecule has 96 valence electrons. The summed E-state index contributed by atoms with van der Waals surface area (Å²) in [7, 11) is 1.61. The first-order valence-corrected chi connectivity index (χ1v) is 6.17. The summed E-state index contributed by atoms with van der Waals surface area (Å²) in [6.45, 7) is 4.60. The summed E-state index contributed by atoms with van der Waals surface area (Å²) in [4.78, 5) is 0. The summed E-state index contributed by atoms with van der Waals surface area (Å²) >= 11 is 0. The van der Waals surface area contributed by atoms with Gasteiger partial charge in [0.1, 0.15) is 0 Å². The van der Waals surface area contributed by atoms with E-state index in [1.165, 1.54) is 12.8 Å². The summed E-state index contributed by atoms with van der Waals surface area (Å²) in [6.07, 6.45) is 2.92. The molecule has 0 bridgehead atoms. The zero-order chi connectivity index (χ0) is 12.7. The highest BCUT2D eigenvalue weighted by Crippen LogP contribution is 2.30. The molecular formula is C14H22O3. The Morgan fingerprint density at radius 1 is 1.24 bits per heavy atom. The summed E-state index contributed by atoms with van der Waals surface area (Å²) in [6, 6.07) is 5.54. The molecule has 1 aromatic carbocycles. The van der Waals surface area contributed by atoms with Crippen LogP contribution >= 0.6 is 0 Å². The maximum absolute atomic E-state index is 9.48. The van der Waals surface area contributed by atoms with E-state index < -0.39 is 6.10 Å². The van der Waals surface area contributed by atoms with E-state index >= 15 is 0 Å². The lowest BCUT2D eigenvalue weighted by atomic mass is 10.1. The fraction of sp³-hybridized carbons (Fsp3) is 0.571. The van der Waals surface area contributed by atoms with Crippen molar-refractivity contribution in [1.29, 1.82) is 0 Å². The molecule has 0 aliphatic heterocycles. The first kappa shape index (κ1) is 13.8. The van der Waals surface area contributed by atoms with Crippen LogP contribution in [0.4, 0.5) is 0 Å². The minimum atomic E-state index is -0.488. The molecule has 0 fully saturated rings. The fourth-order valence-electron chi connectivity index (χ4n) is 1.60. The normalized spacial score (nSPS) is 12.2. The number of methoxy groups -OCH3 is 1. The van der Waals surface area contributed by atoms with Crippen molar-refractivity contribution < 1.29 is 14.6 Å². The van der Waals surface area contributed by atoms with Crippen LogP contribution in [0.1, 0.15) is 44.8 Å². The maximum atomic E-state index is 9.48. The Morgan fingerprint density at radius 2 is 2.00 bits per heavy atom. The average molecular weight is 238 g/mol. The van der Waals surface area contributed by atoms with E-state index in [0.717, 1.165) is 17.7 Å². The van der Waals surface area contributed by atoms with Crippen LogP contribution in [0.2, 0.25) is 0 Å². The lowest BCUT2D eigenvalue weighted by Gasteiger charge is -2.13. The van der Waals surface area contributed by atoms with Gasteiger partial charge in [0.2, 0.25) is 0 Å². The van der Waals surface area contributed by atoms with Crippen LogP contribution in [0.15, 0.2) is 18.2 Å². The van der Waals surface area contributed by atoms with Gasteiger partial charge in [-0.05, 0) is 31.0 Å². The van der Waals surface area contributed by atoms with Gasteiger partial charge in [0.05, 0.1) is 19.8 Å². The average Bonchev–Trinajstić information content (AvgIpc) is 2.34. The second-order valence-corrected chi connectivity index (χ2v) is 4.14. The number of unbranched alkanes of at least 4 members (excludes halogenated alkanes) is 2. The van der Waals surface area contributed by atoms with E-state index in [4.69, 9.17) is 9.47 Å². The molecule has 0 amide bonds. The Bertz CT molecular complexity index is 334. The van der Waals surface area contributed by atoms with E-state index in [1.807, 2.05) is 18.2 Å². The predicted octanol–water partition coefficient (Wildman–Crippen LogP) is 3.32. The third-order valence-corrected chi connectivity index (χ3v) is 2.68. The third-order valence-electron chi connectivity index (χ3n) is 2.68. The number of aliphatic hydroxyl groups is 1. The largest absolute Gasteiger partial charge is 0.493 e. The van der Waals surface area contributed by atoms with Gasteiger partial charge in [-0.3, -0.25) is 0 Å². The Hall–Kier alpha value is -1.22. The highest BCUT2D eigenvalue weighted by atomic mass is 16.5. The number of hydrogen-bond acceptors (Lipinski definition) is 3. The van der Waals surface area contributed by atoms with Gasteiger partial charge in [0.15, 0.2) is 11.5 Å². The van der Waals surface area contributed by atoms with Gasteiger partial charge in [-0.1, -0.05) is 25.8 Å². The van der Waals surface area contributed by atoms with E-state index in [2.05, 4.69) is 6.92 Å². The molecular weight excluding hydrogens is 216 g/mol. The standard InChI is InChI=1S/C14H22O3/c1-4-5-6-9-17-13-8-7-12(11(2)15)10-14(13)16-3/h7-8,10-11,15H,4-6,9H2,1-3H3. The van der Waals surface area contributed by atoms with E-state index in [9.17, 15) is 5.11 Å². The monoisotopic (exact) mass is 238 g/mol. The zero-order valence-corrected chi connectivity index (χ0v) is 10.9. The van der Waals surface area contributed by atoms with Crippen LogP contribution in [0, 0.1) is 0 Å². The highest BCUT2D eigenvalue weighted by Gasteiger charge is 2.08. The van der Waals surface area contributed by atoms with Gasteiger partial charge in [0, 0.05) is 0 Å². The molecule has 0 saturated heterocycles. The molecule has 17 heavy (non-hydrogen) atoms. The predicted molar refractivity (Wildman–Crippen MR) is 68.6 cm³/mol. The number of rotatable bonds is 7. The summed E-state index contributed by atoms with van der Waals surface area (Å²) in [5.74, 6) is 1.42. The first-order valence-electron chi connectivity index (χ1n) is 6.17. The van der Waals surface area contributed by atoms with Crippen LogP contribution < -0.4 is 9.47 Å². The fourth-order valence-corrected chi connectivity index (χ4v) is 1.60. The van der Waals surface area contributed by atoms with Crippen LogP contribution in [0.25, 0.3) is 0 Å². The second-order valence-electron chi connectivity index (χ2n) is 4.14. The van der Waals surface area contributed by atoms with Crippen molar-refractivity contribution >= 4 is 0 Å². The molecule has 0 aromatic heterocycles. The molecule has 0 aliphatic carbocycles. The van der Waals surface area contributed by atoms with Gasteiger partial charge in [-0.25, -0.2) is 0 Å². The molecule has 3 nitrogen and oxygen atoms in total. The van der Waals surface area contributed by atoms with Crippen molar-refractivity contribution in [1.82, 2.24) is 0 Å². The number of aliphatic hydroxyl groups excluding tert-OH is 1. The van der Waals surface area contributed by atoms with E-state index in [-0.39, 0.29) is 0 Å². The number of benzene rings is 1. The van der Waals surface area contributed by atoms with Gasteiger partial charge in [-0.15, -0.1) is 0 Å². The summed E-state index contributed by atoms with van der Waals surface area (Å²) < 4.78 is 10.9. The summed E-state index contributed by atoms with van der Waals surface area (Å²) in [5, 5.41) is 9.48. The Balaban J connectivity index is 2.65. The van der Waals surface area contributed by atoms with Crippen molar-refractivity contribution in [2.24, 2.45) is 0 Å². The van der Waals surface area contributed by atoms with Crippen LogP contribution in [0.3, 0.4) is 0 Å². The highest BCUT2D eigenvalue weighted by molar-refractivity contribution is 5.43. The molecule has 1 rings (SSSR count). The molecule has 0 saturated carbocycles. The molecule has 0 aliphatic rings. The van der Waals surface area contributed by atoms with Gasteiger partial charge in [0.25, 0.3) is 0 Å². The lowest BCUT2D eigenvalue weighted by molar-refractivity contribution is 0.198. The molecule has 0 heterocycles. The topological polar surface area (TPSA) is 38.7 Å². The van der Waals surface area contributed by atoms with Crippen molar-refractivity contribution in [3.05, 3.63) is 23.8 Å². The molecule has 0 spiro atoms. The summed E-state index contributed by atoms with van der Waals surface area (Å²) in [5.41, 5.74) is 0.836. The van der Waals surface area contributed by atoms with Crippen molar-refractivity contribution in [2.75, 3.05) is 13.7 Å². The molecule has 3 heteroatoms. The number of hydrogen-bond donors (Lipinski definition) is 1. The first-order chi connectivity index (χ1) is 8.19. The van der Waals surface area contributed by atoms with E-state index in [0.29, 0.717) is 12.4 Å². The SMILES string of the molecule is CCCCCOc1ccc(C(C)O)cc1OC. The van der Waals surface area contributed by atoms with Crippen LogP contribution in [0.5, 0.6) is 11.5 Å². The zero-order valence-electron chi connectivity index (χ0n) is 10.9. The molecule has 0 radical (unpaired) electrons. The molecule has 1 aromatic rings. The molecule has 1 atom stereocenters. The Morgan fingerprint density at radius 3 is 2.59 bits per heavy atom. The smallest absolute Gasteiger partial charge is 0.161 e. The van der Waals surface area contributed by atoms with Crippen LogP contribution in [-0.2, 0) is 0 Å². The van der Waals surface area contributed by atoms with Gasteiger partial charge in [-0.2, -0.15) is 0 Å². The maximum Gasteiger partial charge on any atom is 0.161 e. The minimum absolute atomic E-state index is 0.488. The second kappa shape index (κ2) is 7.17. The number of ether oxygens (including phenoxy) is 2. The Labute approximate surface area is 103 Å². The Kier molecular flexibility index (Phi) is 5.84. The van der Waals surface area contributed by atoms with E-state index in [1.54, 1.807) is 14.0 Å².